The standard InChI is InChI=1S/C26H22BrClN2O3/c1-33-23-13-15(10-17(27)26(23)32)25-24-21(29-19-8-4-5-9-20(19)30-25)11-14(12-22(24)31)16-6-2-3-7-18(16)28/h2-10,13-14,25,29-30,32H,11-12H2,1H3/t14-,25-/m1/s1. The number of methoxy groups -OCH3 is 1. The van der Waals surface area contributed by atoms with Crippen LogP contribution in [0.1, 0.15) is 35.9 Å². The van der Waals surface area contributed by atoms with Gasteiger partial charge in [0.05, 0.1) is 29.0 Å². The lowest BCUT2D eigenvalue weighted by molar-refractivity contribution is -0.116. The molecule has 0 spiro atoms. The summed E-state index contributed by atoms with van der Waals surface area (Å²) in [6.45, 7) is 0. The van der Waals surface area contributed by atoms with Gasteiger partial charge in [0, 0.05) is 22.7 Å². The Morgan fingerprint density at radius 3 is 2.55 bits per heavy atom. The Morgan fingerprint density at radius 1 is 1.06 bits per heavy atom. The second-order valence-corrected chi connectivity index (χ2v) is 9.51. The highest BCUT2D eigenvalue weighted by atomic mass is 79.9. The van der Waals surface area contributed by atoms with Crippen LogP contribution in [0.25, 0.3) is 0 Å². The van der Waals surface area contributed by atoms with Crippen LogP contribution in [-0.2, 0) is 4.79 Å². The van der Waals surface area contributed by atoms with Crippen molar-refractivity contribution in [2.75, 3.05) is 17.7 Å². The van der Waals surface area contributed by atoms with E-state index < -0.39 is 6.04 Å². The molecule has 0 amide bonds. The van der Waals surface area contributed by atoms with Gasteiger partial charge in [-0.3, -0.25) is 4.79 Å². The number of phenolic OH excluding ortho intramolecular Hbond substituents is 1. The number of rotatable bonds is 3. The summed E-state index contributed by atoms with van der Waals surface area (Å²) < 4.78 is 5.87. The topological polar surface area (TPSA) is 70.6 Å². The van der Waals surface area contributed by atoms with Gasteiger partial charge in [0.1, 0.15) is 0 Å². The van der Waals surface area contributed by atoms with Crippen LogP contribution in [0.5, 0.6) is 11.5 Å². The smallest absolute Gasteiger partial charge is 0.172 e. The normalized spacial score (nSPS) is 19.7. The highest BCUT2D eigenvalue weighted by Crippen LogP contribution is 2.47. The number of fused-ring (bicyclic) bond motifs is 1. The fraction of sp³-hybridized carbons (Fsp3) is 0.192. The molecule has 3 N–H and O–H groups in total. The predicted octanol–water partition coefficient (Wildman–Crippen LogP) is 6.80. The Bertz CT molecular complexity index is 1290. The van der Waals surface area contributed by atoms with Gasteiger partial charge in [0.25, 0.3) is 0 Å². The average Bonchev–Trinajstić information content (AvgIpc) is 2.98. The quantitative estimate of drug-likeness (QED) is 0.351. The number of nitrogens with one attached hydrogen (secondary N) is 2. The minimum Gasteiger partial charge on any atom is -0.503 e. The maximum Gasteiger partial charge on any atom is 0.172 e. The van der Waals surface area contributed by atoms with Crippen molar-refractivity contribution in [3.63, 3.8) is 0 Å². The molecule has 1 aliphatic heterocycles. The number of ketones is 1. The zero-order valence-corrected chi connectivity index (χ0v) is 20.2. The van der Waals surface area contributed by atoms with Gasteiger partial charge in [0.15, 0.2) is 17.3 Å². The highest BCUT2D eigenvalue weighted by Gasteiger charge is 2.37. The van der Waals surface area contributed by atoms with Crippen molar-refractivity contribution in [3.8, 4) is 11.5 Å². The summed E-state index contributed by atoms with van der Waals surface area (Å²) in [7, 11) is 1.51. The molecule has 0 unspecified atom stereocenters. The second-order valence-electron chi connectivity index (χ2n) is 8.24. The molecular weight excluding hydrogens is 504 g/mol. The van der Waals surface area contributed by atoms with Crippen molar-refractivity contribution >= 4 is 44.7 Å². The molecule has 0 aromatic heterocycles. The first-order valence-electron chi connectivity index (χ1n) is 10.7. The fourth-order valence-electron chi connectivity index (χ4n) is 4.68. The minimum atomic E-state index is -0.415. The number of phenols is 1. The number of ether oxygens (including phenoxy) is 1. The SMILES string of the molecule is COc1cc([C@H]2Nc3ccccc3NC3=C2C(=O)C[C@H](c2ccccc2Cl)C3)cc(Br)c1O. The van der Waals surface area contributed by atoms with E-state index in [-0.39, 0.29) is 17.5 Å². The molecule has 168 valence electrons. The van der Waals surface area contributed by atoms with Crippen molar-refractivity contribution in [2.45, 2.75) is 24.8 Å². The van der Waals surface area contributed by atoms with Gasteiger partial charge >= 0.3 is 0 Å². The first kappa shape index (κ1) is 21.9. The zero-order valence-electron chi connectivity index (χ0n) is 17.9. The van der Waals surface area contributed by atoms with E-state index in [4.69, 9.17) is 16.3 Å². The van der Waals surface area contributed by atoms with Crippen molar-refractivity contribution in [1.82, 2.24) is 0 Å². The second kappa shape index (κ2) is 8.76. The molecule has 1 heterocycles. The third-order valence-corrected chi connectivity index (χ3v) is 7.21. The molecule has 0 bridgehead atoms. The summed E-state index contributed by atoms with van der Waals surface area (Å²) in [6.07, 6.45) is 1.03. The number of para-hydroxylation sites is 2. The third kappa shape index (κ3) is 3.98. The first-order chi connectivity index (χ1) is 16.0. The van der Waals surface area contributed by atoms with Crippen molar-refractivity contribution in [2.24, 2.45) is 0 Å². The van der Waals surface area contributed by atoms with Crippen LogP contribution in [0.3, 0.4) is 0 Å². The lowest BCUT2D eigenvalue weighted by Gasteiger charge is -2.30. The molecular formula is C26H22BrClN2O3. The summed E-state index contributed by atoms with van der Waals surface area (Å²) in [5.41, 5.74) is 5.16. The molecule has 2 aliphatic rings. The summed E-state index contributed by atoms with van der Waals surface area (Å²) in [5, 5.41) is 18.1. The molecule has 3 aromatic carbocycles. The Morgan fingerprint density at radius 2 is 1.79 bits per heavy atom. The van der Waals surface area contributed by atoms with Crippen LogP contribution >= 0.6 is 27.5 Å². The monoisotopic (exact) mass is 524 g/mol. The molecule has 2 atom stereocenters. The number of carbonyl (C=O) groups excluding carboxylic acids is 1. The summed E-state index contributed by atoms with van der Waals surface area (Å²) in [6, 6.07) is 18.8. The van der Waals surface area contributed by atoms with Crippen molar-refractivity contribution in [1.29, 1.82) is 0 Å². The average molecular weight is 526 g/mol. The lowest BCUT2D eigenvalue weighted by Crippen LogP contribution is -2.27. The molecule has 33 heavy (non-hydrogen) atoms. The molecule has 7 heteroatoms. The van der Waals surface area contributed by atoms with Gasteiger partial charge in [-0.1, -0.05) is 41.9 Å². The van der Waals surface area contributed by atoms with Crippen LogP contribution in [0.15, 0.2) is 76.4 Å². The Balaban J connectivity index is 1.65. The van der Waals surface area contributed by atoms with E-state index in [0.29, 0.717) is 33.7 Å². The van der Waals surface area contributed by atoms with E-state index >= 15 is 0 Å². The van der Waals surface area contributed by atoms with Gasteiger partial charge in [-0.2, -0.15) is 0 Å². The van der Waals surface area contributed by atoms with E-state index in [0.717, 1.165) is 28.2 Å². The molecule has 0 fully saturated rings. The third-order valence-electron chi connectivity index (χ3n) is 6.26. The number of hydrogen-bond acceptors (Lipinski definition) is 5. The van der Waals surface area contributed by atoms with E-state index in [1.165, 1.54) is 7.11 Å². The Labute approximate surface area is 205 Å². The largest absolute Gasteiger partial charge is 0.503 e. The predicted molar refractivity (Wildman–Crippen MR) is 134 cm³/mol. The summed E-state index contributed by atoms with van der Waals surface area (Å²) in [4.78, 5) is 13.6. The zero-order chi connectivity index (χ0) is 23.1. The van der Waals surface area contributed by atoms with E-state index in [1.807, 2.05) is 54.6 Å². The molecule has 3 aromatic rings. The van der Waals surface area contributed by atoms with Crippen LogP contribution in [0.2, 0.25) is 5.02 Å². The molecule has 1 aliphatic carbocycles. The van der Waals surface area contributed by atoms with Crippen LogP contribution < -0.4 is 15.4 Å². The lowest BCUT2D eigenvalue weighted by atomic mass is 9.78. The number of allylic oxidation sites excluding steroid dienone is 1. The maximum atomic E-state index is 13.6. The molecule has 5 nitrogen and oxygen atoms in total. The first-order valence-corrected chi connectivity index (χ1v) is 11.8. The van der Waals surface area contributed by atoms with E-state index in [2.05, 4.69) is 26.6 Å². The number of Topliss-reactive ketones (excluding diaryl/α,β-unsaturated/α-hetero) is 1. The Kier molecular flexibility index (Phi) is 5.81. The molecule has 0 saturated heterocycles. The van der Waals surface area contributed by atoms with E-state index in [9.17, 15) is 9.90 Å². The number of anilines is 2. The summed E-state index contributed by atoms with van der Waals surface area (Å²) >= 11 is 9.90. The summed E-state index contributed by atoms with van der Waals surface area (Å²) in [5.74, 6) is 0.411. The minimum absolute atomic E-state index is 0.00977. The number of halogens is 2. The highest BCUT2D eigenvalue weighted by molar-refractivity contribution is 9.10. The number of hydrogen-bond donors (Lipinski definition) is 3. The van der Waals surface area contributed by atoms with Crippen molar-refractivity contribution in [3.05, 3.63) is 92.6 Å². The fourth-order valence-corrected chi connectivity index (χ4v) is 5.43. The molecule has 0 radical (unpaired) electrons. The number of aromatic hydroxyl groups is 1. The van der Waals surface area contributed by atoms with Gasteiger partial charge in [-0.15, -0.1) is 0 Å². The maximum absolute atomic E-state index is 13.6. The molecule has 0 saturated carbocycles. The Hall–Kier alpha value is -2.96. The van der Waals surface area contributed by atoms with Gasteiger partial charge in [-0.05, 0) is 69.7 Å². The van der Waals surface area contributed by atoms with Gasteiger partial charge in [-0.25, -0.2) is 0 Å². The van der Waals surface area contributed by atoms with Crippen LogP contribution in [-0.4, -0.2) is 18.0 Å². The van der Waals surface area contributed by atoms with Crippen LogP contribution in [0, 0.1) is 0 Å². The van der Waals surface area contributed by atoms with Gasteiger partial charge in [0.2, 0.25) is 0 Å². The molecule has 5 rings (SSSR count). The number of carbonyl (C=O) groups is 1. The van der Waals surface area contributed by atoms with E-state index in [1.54, 1.807) is 6.07 Å². The van der Waals surface area contributed by atoms with Gasteiger partial charge < -0.3 is 20.5 Å². The number of benzene rings is 3. The van der Waals surface area contributed by atoms with Crippen molar-refractivity contribution < 1.29 is 14.6 Å². The van der Waals surface area contributed by atoms with Crippen LogP contribution in [0.4, 0.5) is 11.4 Å².